The van der Waals surface area contributed by atoms with Gasteiger partial charge in [-0.1, -0.05) is 31.5 Å². The van der Waals surface area contributed by atoms with E-state index in [1.54, 1.807) is 12.1 Å². The van der Waals surface area contributed by atoms with E-state index in [1.807, 2.05) is 22.8 Å². The van der Waals surface area contributed by atoms with Crippen molar-refractivity contribution >= 4 is 53.0 Å². The van der Waals surface area contributed by atoms with Crippen LogP contribution in [0.5, 0.6) is 11.5 Å². The number of hydrogen-bond acceptors (Lipinski definition) is 8. The Morgan fingerprint density at radius 1 is 1.26 bits per heavy atom. The summed E-state index contributed by atoms with van der Waals surface area (Å²) < 4.78 is 17.9. The molecule has 0 aliphatic carbocycles. The normalized spacial score (nSPS) is 11.6. The van der Waals surface area contributed by atoms with Crippen LogP contribution in [-0.4, -0.2) is 34.6 Å². The van der Waals surface area contributed by atoms with Gasteiger partial charge in [0.15, 0.2) is 17.3 Å². The van der Waals surface area contributed by atoms with Crippen LogP contribution in [0.4, 0.5) is 5.82 Å². The van der Waals surface area contributed by atoms with Crippen LogP contribution < -0.4 is 10.3 Å². The molecule has 5 N–H and O–H groups in total. The molecule has 0 radical (unpaired) electrons. The molecule has 0 unspecified atom stereocenters. The van der Waals surface area contributed by atoms with Crippen LogP contribution in [0.25, 0.3) is 21.9 Å². The van der Waals surface area contributed by atoms with Gasteiger partial charge in [-0.15, -0.1) is 0 Å². The zero-order valence-electron chi connectivity index (χ0n) is 18.9. The number of nitrogens with zero attached hydrogens (tertiary/aromatic N) is 4. The lowest BCUT2D eigenvalue weighted by atomic mass is 10.1. The van der Waals surface area contributed by atoms with E-state index in [4.69, 9.17) is 22.9 Å². The Balaban J connectivity index is 1.93. The highest BCUT2D eigenvalue weighted by molar-refractivity contribution is 7.78. The molecule has 4 aromatic rings. The number of benzene rings is 2. The first kappa shape index (κ1) is 24.8. The summed E-state index contributed by atoms with van der Waals surface area (Å²) in [5.74, 6) is 0.380. The van der Waals surface area contributed by atoms with E-state index in [0.717, 1.165) is 35.1 Å². The van der Waals surface area contributed by atoms with Gasteiger partial charge < -0.3 is 19.9 Å². The maximum atomic E-state index is 11.3. The summed E-state index contributed by atoms with van der Waals surface area (Å²) in [4.78, 5) is 31.7. The zero-order chi connectivity index (χ0) is 25.2. The summed E-state index contributed by atoms with van der Waals surface area (Å²) in [6.45, 7) is 2.61. The summed E-state index contributed by atoms with van der Waals surface area (Å²) in [5.41, 5.74) is 9.55. The van der Waals surface area contributed by atoms with Gasteiger partial charge in [0.2, 0.25) is 0 Å². The Kier molecular flexibility index (Phi) is 7.16. The Labute approximate surface area is 206 Å². The second-order valence-corrected chi connectivity index (χ2v) is 9.36. The van der Waals surface area contributed by atoms with Crippen LogP contribution in [0, 0.1) is 0 Å². The number of thiocarbonyl (C=S) groups is 1. The number of imidazole rings is 1. The molecule has 0 aliphatic heterocycles. The molecule has 0 spiro atoms. The summed E-state index contributed by atoms with van der Waals surface area (Å²) in [5, 5.41) is 13.9. The van der Waals surface area contributed by atoms with Gasteiger partial charge in [0.1, 0.15) is 11.3 Å². The first-order valence-electron chi connectivity index (χ1n) is 10.9. The maximum absolute atomic E-state index is 11.3. The molecule has 4 rings (SSSR count). The number of aliphatic imine (C=N–C) groups is 1. The Morgan fingerprint density at radius 3 is 2.77 bits per heavy atom. The smallest absolute Gasteiger partial charge is 0.504 e. The predicted molar refractivity (Wildman–Crippen MR) is 137 cm³/mol. The summed E-state index contributed by atoms with van der Waals surface area (Å²) in [6, 6.07) is 10.2. The topological polar surface area (TPSA) is 156 Å². The molecule has 35 heavy (non-hydrogen) atoms. The third kappa shape index (κ3) is 5.35. The number of aryl methyl sites for hydroxylation is 1. The number of isothiocyanates is 1. The van der Waals surface area contributed by atoms with Crippen LogP contribution in [0.15, 0.2) is 41.4 Å². The number of pyridine rings is 1. The highest BCUT2D eigenvalue weighted by Gasteiger charge is 2.22. The molecule has 0 atom stereocenters. The minimum Gasteiger partial charge on any atom is -0.504 e. The first-order valence-corrected chi connectivity index (χ1v) is 12.8. The molecule has 12 heteroatoms. The van der Waals surface area contributed by atoms with E-state index in [1.165, 1.54) is 6.07 Å². The van der Waals surface area contributed by atoms with E-state index < -0.39 is 7.82 Å². The quantitative estimate of drug-likeness (QED) is 0.145. The Hall–Kier alpha value is -3.33. The molecule has 2 aromatic carbocycles. The largest absolute Gasteiger partial charge is 0.524 e. The van der Waals surface area contributed by atoms with Crippen molar-refractivity contribution in [2.75, 3.05) is 5.73 Å². The van der Waals surface area contributed by atoms with Crippen LogP contribution in [0.3, 0.4) is 0 Å². The summed E-state index contributed by atoms with van der Waals surface area (Å²) in [6.07, 6.45) is 2.51. The number of rotatable bonds is 9. The molecule has 2 aromatic heterocycles. The standard InChI is InChI=1S/C23H24N5O5PS/c1-2-3-7-19-27-20-21(16-10-14(11-25-13-35)8-9-17(16)26-23(20)24)28(19)12-15-5-4-6-18(22(15)29)33-34(30,31)32/h4-6,8-10,29H,2-3,7,11-12H2,1H3,(H2,24,26)(H2,30,31,32). The molecule has 0 fully saturated rings. The number of unbranched alkanes of at least 4 members (excludes halogenated alkanes) is 1. The first-order chi connectivity index (χ1) is 16.7. The van der Waals surface area contributed by atoms with Crippen molar-refractivity contribution in [2.45, 2.75) is 39.3 Å². The number of phosphoric ester groups is 1. The molecule has 10 nitrogen and oxygen atoms in total. The molecule has 0 saturated carbocycles. The van der Waals surface area contributed by atoms with Gasteiger partial charge in [0, 0.05) is 17.4 Å². The Bertz CT molecular complexity index is 1510. The van der Waals surface area contributed by atoms with Crippen molar-refractivity contribution in [3.05, 3.63) is 53.3 Å². The molecule has 2 heterocycles. The number of para-hydroxylation sites is 1. The lowest BCUT2D eigenvalue weighted by Crippen LogP contribution is -2.07. The number of phenolic OH excluding ortho intramolecular Hbond substituents is 1. The van der Waals surface area contributed by atoms with Gasteiger partial charge in [-0.25, -0.2) is 19.5 Å². The average Bonchev–Trinajstić information content (AvgIpc) is 3.17. The zero-order valence-corrected chi connectivity index (χ0v) is 20.6. The second kappa shape index (κ2) is 10.1. The highest BCUT2D eigenvalue weighted by atomic mass is 32.1. The van der Waals surface area contributed by atoms with Gasteiger partial charge in [0.05, 0.1) is 29.3 Å². The Morgan fingerprint density at radius 2 is 2.06 bits per heavy atom. The minimum absolute atomic E-state index is 0.167. The fourth-order valence-corrected chi connectivity index (χ4v) is 4.46. The molecule has 0 saturated heterocycles. The van der Waals surface area contributed by atoms with Crippen molar-refractivity contribution in [3.8, 4) is 11.5 Å². The van der Waals surface area contributed by atoms with E-state index in [2.05, 4.69) is 26.6 Å². The third-order valence-corrected chi connectivity index (χ3v) is 6.12. The molecule has 0 amide bonds. The number of nitrogens with two attached hydrogens (primary N) is 1. The highest BCUT2D eigenvalue weighted by Crippen LogP contribution is 2.43. The van der Waals surface area contributed by atoms with Crippen molar-refractivity contribution in [1.29, 1.82) is 0 Å². The fourth-order valence-electron chi connectivity index (χ4n) is 3.99. The average molecular weight is 514 g/mol. The van der Waals surface area contributed by atoms with Crippen molar-refractivity contribution in [2.24, 2.45) is 4.99 Å². The number of nitrogen functional groups attached to an aromatic ring is 1. The minimum atomic E-state index is -4.85. The number of aromatic nitrogens is 3. The lowest BCUT2D eigenvalue weighted by Gasteiger charge is -2.15. The van der Waals surface area contributed by atoms with Gasteiger partial charge in [-0.3, -0.25) is 9.79 Å². The number of hydrogen-bond donors (Lipinski definition) is 4. The molecule has 0 aliphatic rings. The van der Waals surface area contributed by atoms with Crippen LogP contribution in [-0.2, 0) is 24.1 Å². The molecular formula is C23H24N5O5PS. The fraction of sp³-hybridized carbons (Fsp3) is 0.261. The number of phenols is 1. The number of phosphoric acid groups is 1. The SMILES string of the molecule is CCCCc1nc2c(N)nc3ccc(CN=C=S)cc3c2n1Cc1cccc(OP(=O)(O)O)c1O. The van der Waals surface area contributed by atoms with Gasteiger partial charge >= 0.3 is 7.82 Å². The van der Waals surface area contributed by atoms with E-state index in [0.29, 0.717) is 29.6 Å². The van der Waals surface area contributed by atoms with Crippen LogP contribution >= 0.6 is 20.0 Å². The van der Waals surface area contributed by atoms with Crippen LogP contribution in [0.2, 0.25) is 0 Å². The van der Waals surface area contributed by atoms with Gasteiger partial charge in [-0.2, -0.15) is 0 Å². The predicted octanol–water partition coefficient (Wildman–Crippen LogP) is 4.34. The molecule has 0 bridgehead atoms. The van der Waals surface area contributed by atoms with Gasteiger partial charge in [-0.05, 0) is 42.4 Å². The van der Waals surface area contributed by atoms with E-state index >= 15 is 0 Å². The van der Waals surface area contributed by atoms with Crippen molar-refractivity contribution < 1.29 is 24.0 Å². The van der Waals surface area contributed by atoms with E-state index in [-0.39, 0.29) is 23.9 Å². The third-order valence-electron chi connectivity index (χ3n) is 5.55. The summed E-state index contributed by atoms with van der Waals surface area (Å²) in [7, 11) is -4.85. The second-order valence-electron chi connectivity index (χ2n) is 8.02. The van der Waals surface area contributed by atoms with Crippen molar-refractivity contribution in [1.82, 2.24) is 14.5 Å². The molecule has 182 valence electrons. The van der Waals surface area contributed by atoms with Crippen molar-refractivity contribution in [3.63, 3.8) is 0 Å². The lowest BCUT2D eigenvalue weighted by molar-refractivity contribution is 0.277. The monoisotopic (exact) mass is 513 g/mol. The molecular weight excluding hydrogens is 489 g/mol. The van der Waals surface area contributed by atoms with Gasteiger partial charge in [0.25, 0.3) is 0 Å². The van der Waals surface area contributed by atoms with E-state index in [9.17, 15) is 19.5 Å². The summed E-state index contributed by atoms with van der Waals surface area (Å²) >= 11 is 4.69. The number of fused-ring (bicyclic) bond motifs is 3. The number of aromatic hydroxyl groups is 1. The number of anilines is 1. The maximum Gasteiger partial charge on any atom is 0.524 e. The van der Waals surface area contributed by atoms with Crippen LogP contribution in [0.1, 0.15) is 36.7 Å².